The molecule has 3 aliphatic heterocycles. The number of nitrogens with zero attached hydrogens (tertiary/aromatic N) is 5. The van der Waals surface area contributed by atoms with E-state index in [0.29, 0.717) is 48.1 Å². The number of piperidine rings is 2. The minimum atomic E-state index is -1.01. The van der Waals surface area contributed by atoms with Gasteiger partial charge in [0.05, 0.1) is 12.2 Å². The highest BCUT2D eigenvalue weighted by atomic mass is 19.1. The van der Waals surface area contributed by atoms with Crippen molar-refractivity contribution < 1.29 is 19.0 Å². The number of ether oxygens (including phenoxy) is 2. The average molecular weight is 519 g/mol. The highest BCUT2D eigenvalue weighted by Crippen LogP contribution is 2.43. The Hall–Kier alpha value is -3.53. The number of benzene rings is 1. The number of nitrogens with one attached hydrogen (secondary N) is 1. The minimum Gasteiger partial charge on any atom is -0.507 e. The predicted octanol–water partition coefficient (Wildman–Crippen LogP) is 4.06. The Kier molecular flexibility index (Phi) is 5.61. The lowest BCUT2D eigenvalue weighted by molar-refractivity contribution is 0.0383. The van der Waals surface area contributed by atoms with Crippen molar-refractivity contribution >= 4 is 5.95 Å². The van der Waals surface area contributed by atoms with Crippen LogP contribution in [-0.2, 0) is 0 Å². The Morgan fingerprint density at radius 2 is 1.92 bits per heavy atom. The molecule has 1 saturated carbocycles. The maximum atomic E-state index is 15.9. The first-order chi connectivity index (χ1) is 18.5. The number of phenolic OH excluding ortho intramolecular Hbond substituents is 1. The number of aromatic nitrogens is 4. The van der Waals surface area contributed by atoms with Gasteiger partial charge < -0.3 is 24.8 Å². The molecule has 4 aliphatic rings. The second-order valence-electron chi connectivity index (χ2n) is 11.1. The molecule has 0 unspecified atom stereocenters. The third-order valence-corrected chi connectivity index (χ3v) is 8.34. The molecule has 2 saturated heterocycles. The molecule has 5 heterocycles. The van der Waals surface area contributed by atoms with Crippen LogP contribution in [0.15, 0.2) is 36.7 Å². The van der Waals surface area contributed by atoms with E-state index in [1.54, 1.807) is 24.5 Å². The summed E-state index contributed by atoms with van der Waals surface area (Å²) in [6, 6.07) is 7.50. The molecular weight excluding hydrogens is 487 g/mol. The van der Waals surface area contributed by atoms with Gasteiger partial charge in [-0.2, -0.15) is 0 Å². The lowest BCUT2D eigenvalue weighted by Crippen LogP contribution is -2.69. The summed E-state index contributed by atoms with van der Waals surface area (Å²) in [7, 11) is 0. The molecular formula is C28H31FN6O3. The third kappa shape index (κ3) is 4.11. The van der Waals surface area contributed by atoms with E-state index in [4.69, 9.17) is 9.47 Å². The van der Waals surface area contributed by atoms with Crippen molar-refractivity contribution in [3.8, 4) is 39.8 Å². The number of anilines is 1. The summed E-state index contributed by atoms with van der Waals surface area (Å²) in [6.07, 6.45) is 8.06. The Morgan fingerprint density at radius 1 is 1.05 bits per heavy atom. The molecule has 0 radical (unpaired) electrons. The zero-order valence-electron chi connectivity index (χ0n) is 21.3. The average Bonchev–Trinajstić information content (AvgIpc) is 3.77. The van der Waals surface area contributed by atoms with Gasteiger partial charge in [-0.25, -0.2) is 14.4 Å². The maximum Gasteiger partial charge on any atom is 0.257 e. The molecule has 1 aromatic carbocycles. The number of rotatable bonds is 5. The van der Waals surface area contributed by atoms with E-state index in [2.05, 4.69) is 30.4 Å². The van der Waals surface area contributed by atoms with Crippen molar-refractivity contribution in [1.82, 2.24) is 25.5 Å². The van der Waals surface area contributed by atoms with Gasteiger partial charge in [0, 0.05) is 34.9 Å². The SMILES string of the molecule is C[C@]12CCC[C@@H](C[C@@H](N(c3ncc(-c4ccc(-c5cnc6c(c5)OCCO6)cc4O)nn3)C3CC3)[C@H]1F)N2. The van der Waals surface area contributed by atoms with E-state index < -0.39 is 11.7 Å². The molecule has 2 bridgehead atoms. The van der Waals surface area contributed by atoms with Gasteiger partial charge in [0.2, 0.25) is 5.95 Å². The second-order valence-corrected chi connectivity index (χ2v) is 11.1. The molecule has 9 nitrogen and oxygen atoms in total. The number of hydrogen-bond donors (Lipinski definition) is 2. The van der Waals surface area contributed by atoms with Crippen LogP contribution in [0.3, 0.4) is 0 Å². The molecule has 7 rings (SSSR count). The first-order valence-electron chi connectivity index (χ1n) is 13.5. The fraction of sp³-hybridized carbons (Fsp3) is 0.500. The molecule has 4 atom stereocenters. The van der Waals surface area contributed by atoms with Gasteiger partial charge in [-0.1, -0.05) is 6.07 Å². The van der Waals surface area contributed by atoms with Gasteiger partial charge >= 0.3 is 0 Å². The molecule has 2 N–H and O–H groups in total. The van der Waals surface area contributed by atoms with Crippen LogP contribution in [0.25, 0.3) is 22.4 Å². The van der Waals surface area contributed by atoms with Gasteiger partial charge in [-0.05, 0) is 69.2 Å². The fourth-order valence-electron chi connectivity index (χ4n) is 6.28. The summed E-state index contributed by atoms with van der Waals surface area (Å²) in [5.41, 5.74) is 2.06. The molecule has 10 heteroatoms. The minimum absolute atomic E-state index is 0.0585. The third-order valence-electron chi connectivity index (χ3n) is 8.34. The van der Waals surface area contributed by atoms with E-state index in [1.807, 2.05) is 19.1 Å². The highest BCUT2D eigenvalue weighted by Gasteiger charge is 2.52. The topological polar surface area (TPSA) is 106 Å². The Balaban J connectivity index is 1.14. The smallest absolute Gasteiger partial charge is 0.257 e. The zero-order chi connectivity index (χ0) is 25.9. The quantitative estimate of drug-likeness (QED) is 0.517. The van der Waals surface area contributed by atoms with Gasteiger partial charge in [0.1, 0.15) is 30.8 Å². The Bertz CT molecular complexity index is 1350. The Labute approximate surface area is 220 Å². The van der Waals surface area contributed by atoms with E-state index in [0.717, 1.165) is 49.7 Å². The lowest BCUT2D eigenvalue weighted by Gasteiger charge is -2.52. The van der Waals surface area contributed by atoms with Gasteiger partial charge in [-0.15, -0.1) is 10.2 Å². The fourth-order valence-corrected chi connectivity index (χ4v) is 6.28. The number of alkyl halides is 1. The summed E-state index contributed by atoms with van der Waals surface area (Å²) in [6.45, 7) is 2.97. The Morgan fingerprint density at radius 3 is 2.71 bits per heavy atom. The van der Waals surface area contributed by atoms with Crippen molar-refractivity contribution in [2.45, 2.75) is 75.3 Å². The summed E-state index contributed by atoms with van der Waals surface area (Å²) in [5.74, 6) is 1.59. The van der Waals surface area contributed by atoms with Crippen LogP contribution in [0.2, 0.25) is 0 Å². The normalized spacial score (nSPS) is 28.1. The van der Waals surface area contributed by atoms with Crippen LogP contribution >= 0.6 is 0 Å². The molecule has 0 amide bonds. The highest BCUT2D eigenvalue weighted by molar-refractivity contribution is 5.74. The summed E-state index contributed by atoms with van der Waals surface area (Å²) in [5, 5.41) is 23.2. The van der Waals surface area contributed by atoms with Crippen LogP contribution < -0.4 is 19.7 Å². The number of hydrogen-bond acceptors (Lipinski definition) is 9. The van der Waals surface area contributed by atoms with E-state index in [-0.39, 0.29) is 17.8 Å². The van der Waals surface area contributed by atoms with Crippen LogP contribution in [0, 0.1) is 0 Å². The number of phenols is 1. The first kappa shape index (κ1) is 23.6. The predicted molar refractivity (Wildman–Crippen MR) is 139 cm³/mol. The van der Waals surface area contributed by atoms with E-state index >= 15 is 4.39 Å². The van der Waals surface area contributed by atoms with Crippen LogP contribution in [0.4, 0.5) is 10.3 Å². The molecule has 0 spiro atoms. The summed E-state index contributed by atoms with van der Waals surface area (Å²) in [4.78, 5) is 11.0. The first-order valence-corrected chi connectivity index (χ1v) is 13.5. The molecule has 38 heavy (non-hydrogen) atoms. The monoisotopic (exact) mass is 518 g/mol. The van der Waals surface area contributed by atoms with Gasteiger partial charge in [0.25, 0.3) is 5.88 Å². The number of fused-ring (bicyclic) bond motifs is 3. The summed E-state index contributed by atoms with van der Waals surface area (Å²) >= 11 is 0. The van der Waals surface area contributed by atoms with Crippen molar-refractivity contribution in [3.05, 3.63) is 36.7 Å². The number of halogens is 1. The molecule has 198 valence electrons. The number of aromatic hydroxyl groups is 1. The zero-order valence-corrected chi connectivity index (χ0v) is 21.3. The van der Waals surface area contributed by atoms with Crippen LogP contribution in [0.5, 0.6) is 17.4 Å². The van der Waals surface area contributed by atoms with Gasteiger partial charge in [-0.3, -0.25) is 0 Å². The number of pyridine rings is 1. The van der Waals surface area contributed by atoms with Gasteiger partial charge in [0.15, 0.2) is 5.75 Å². The van der Waals surface area contributed by atoms with Crippen molar-refractivity contribution in [1.29, 1.82) is 0 Å². The second kappa shape index (κ2) is 9.04. The van der Waals surface area contributed by atoms with Crippen LogP contribution in [-0.4, -0.2) is 68.3 Å². The molecule has 1 aliphatic carbocycles. The van der Waals surface area contributed by atoms with Crippen molar-refractivity contribution in [2.24, 2.45) is 0 Å². The lowest BCUT2D eigenvalue weighted by atomic mass is 9.73. The summed E-state index contributed by atoms with van der Waals surface area (Å²) < 4.78 is 27.0. The molecule has 3 aromatic rings. The van der Waals surface area contributed by atoms with Crippen molar-refractivity contribution in [3.63, 3.8) is 0 Å². The molecule has 3 fully saturated rings. The standard InChI is InChI=1S/C28H31FN6O3/c1-28-8-2-3-18(32-28)13-22(25(28)29)35(19-5-6-19)27-31-15-21(33-34-27)20-7-4-16(11-23(20)36)17-12-24-26(30-14-17)38-10-9-37-24/h4,7,11-12,14-15,18-19,22,25,32,36H,2-3,5-6,8-10,13H2,1H3/t18-,22+,25+,28-/m0/s1. The van der Waals surface area contributed by atoms with E-state index in [9.17, 15) is 5.11 Å². The van der Waals surface area contributed by atoms with Crippen LogP contribution in [0.1, 0.15) is 45.4 Å². The largest absolute Gasteiger partial charge is 0.507 e. The van der Waals surface area contributed by atoms with Crippen molar-refractivity contribution in [2.75, 3.05) is 18.1 Å². The maximum absolute atomic E-state index is 15.9. The van der Waals surface area contributed by atoms with E-state index in [1.165, 1.54) is 0 Å². The molecule has 2 aromatic heterocycles.